The Morgan fingerprint density at radius 2 is 1.96 bits per heavy atom. The van der Waals surface area contributed by atoms with Crippen molar-refractivity contribution in [1.82, 2.24) is 4.90 Å². The van der Waals surface area contributed by atoms with Gasteiger partial charge in [0.2, 0.25) is 0 Å². The molecule has 1 fully saturated rings. The molecule has 0 amide bonds. The van der Waals surface area contributed by atoms with Gasteiger partial charge in [0.1, 0.15) is 5.82 Å². The maximum Gasteiger partial charge on any atom is 0.123 e. The Balaban J connectivity index is 1.66. The number of nitrogens with two attached hydrogens (primary N) is 1. The lowest BCUT2D eigenvalue weighted by Crippen LogP contribution is -2.49. The summed E-state index contributed by atoms with van der Waals surface area (Å²) < 4.78 is 14.0. The van der Waals surface area contributed by atoms with Crippen LogP contribution in [-0.4, -0.2) is 38.1 Å². The van der Waals surface area contributed by atoms with E-state index in [1.54, 1.807) is 12.1 Å². The quantitative estimate of drug-likeness (QED) is 0.846. The molecule has 4 rings (SSSR count). The molecule has 0 radical (unpaired) electrons. The number of hydrogen-bond acceptors (Lipinski definition) is 3. The zero-order valence-corrected chi connectivity index (χ0v) is 16.6. The second-order valence-electron chi connectivity index (χ2n) is 8.02. The number of hydrogen-bond donors (Lipinski definition) is 1. The molecule has 0 bridgehead atoms. The van der Waals surface area contributed by atoms with Gasteiger partial charge in [0.15, 0.2) is 0 Å². The Bertz CT molecular complexity index is 810. The van der Waals surface area contributed by atoms with Crippen LogP contribution in [0, 0.1) is 5.82 Å². The minimum atomic E-state index is -0.142. The van der Waals surface area contributed by atoms with Gasteiger partial charge in [0.25, 0.3) is 0 Å². The summed E-state index contributed by atoms with van der Waals surface area (Å²) in [6.07, 6.45) is 3.11. The van der Waals surface area contributed by atoms with E-state index in [9.17, 15) is 4.39 Å². The Morgan fingerprint density at radius 3 is 2.70 bits per heavy atom. The van der Waals surface area contributed by atoms with E-state index in [0.717, 1.165) is 49.5 Å². The van der Waals surface area contributed by atoms with Crippen LogP contribution in [0.2, 0.25) is 5.02 Å². The van der Waals surface area contributed by atoms with E-state index in [4.69, 9.17) is 17.3 Å². The Hall–Kier alpha value is -1.62. The molecule has 2 aliphatic rings. The molecular weight excluding hydrogens is 361 g/mol. The van der Waals surface area contributed by atoms with E-state index in [0.29, 0.717) is 6.54 Å². The van der Waals surface area contributed by atoms with Gasteiger partial charge in [-0.2, -0.15) is 0 Å². The van der Waals surface area contributed by atoms with Crippen molar-refractivity contribution < 1.29 is 4.39 Å². The third-order valence-corrected chi connectivity index (χ3v) is 6.48. The van der Waals surface area contributed by atoms with Crippen molar-refractivity contribution in [3.05, 3.63) is 64.4 Å². The first kappa shape index (κ1) is 18.7. The molecule has 1 spiro atoms. The molecule has 27 heavy (non-hydrogen) atoms. The van der Waals surface area contributed by atoms with Crippen molar-refractivity contribution in [3.8, 4) is 0 Å². The molecule has 2 aromatic carbocycles. The van der Waals surface area contributed by atoms with Gasteiger partial charge in [-0.25, -0.2) is 4.39 Å². The van der Waals surface area contributed by atoms with Crippen LogP contribution in [0.5, 0.6) is 0 Å². The van der Waals surface area contributed by atoms with Crippen LogP contribution in [0.1, 0.15) is 36.4 Å². The number of likely N-dealkylation sites (N-methyl/N-ethyl adjacent to an activating group) is 1. The summed E-state index contributed by atoms with van der Waals surface area (Å²) in [7, 11) is 2.11. The molecule has 5 heteroatoms. The second-order valence-corrected chi connectivity index (χ2v) is 8.45. The highest BCUT2D eigenvalue weighted by atomic mass is 35.5. The molecule has 2 aliphatic heterocycles. The number of piperidine rings is 1. The minimum absolute atomic E-state index is 0.0102. The van der Waals surface area contributed by atoms with Gasteiger partial charge in [0, 0.05) is 42.3 Å². The molecule has 1 saturated heterocycles. The number of benzene rings is 2. The molecule has 3 nitrogen and oxygen atoms in total. The maximum absolute atomic E-state index is 14.0. The Kier molecular flexibility index (Phi) is 5.15. The number of fused-ring (bicyclic) bond motifs is 2. The summed E-state index contributed by atoms with van der Waals surface area (Å²) in [6, 6.07) is 13.6. The van der Waals surface area contributed by atoms with Crippen LogP contribution in [0.3, 0.4) is 0 Å². The second kappa shape index (κ2) is 7.42. The summed E-state index contributed by atoms with van der Waals surface area (Å²) in [4.78, 5) is 4.83. The van der Waals surface area contributed by atoms with E-state index in [1.807, 2.05) is 18.2 Å². The largest absolute Gasteiger partial charge is 0.373 e. The monoisotopic (exact) mass is 387 g/mol. The highest BCUT2D eigenvalue weighted by Gasteiger charge is 2.45. The third kappa shape index (κ3) is 3.46. The molecule has 0 saturated carbocycles. The molecule has 2 heterocycles. The van der Waals surface area contributed by atoms with Gasteiger partial charge < -0.3 is 10.6 Å². The lowest BCUT2D eigenvalue weighted by atomic mass is 9.75. The van der Waals surface area contributed by atoms with Crippen LogP contribution < -0.4 is 10.6 Å². The maximum atomic E-state index is 14.0. The fourth-order valence-corrected chi connectivity index (χ4v) is 5.20. The summed E-state index contributed by atoms with van der Waals surface area (Å²) >= 11 is 6.09. The minimum Gasteiger partial charge on any atom is -0.373 e. The lowest BCUT2D eigenvalue weighted by molar-refractivity contribution is 0.103. The third-order valence-electron chi connectivity index (χ3n) is 6.22. The van der Waals surface area contributed by atoms with Gasteiger partial charge in [-0.15, -0.1) is 0 Å². The van der Waals surface area contributed by atoms with Crippen LogP contribution in [0.15, 0.2) is 42.5 Å². The zero-order chi connectivity index (χ0) is 19.0. The summed E-state index contributed by atoms with van der Waals surface area (Å²) in [5.74, 6) is -0.142. The zero-order valence-electron chi connectivity index (χ0n) is 15.8. The first-order valence-electron chi connectivity index (χ1n) is 9.73. The number of rotatable bonds is 4. The fourth-order valence-electron chi connectivity index (χ4n) is 5.08. The first-order chi connectivity index (χ1) is 13.0. The predicted molar refractivity (Wildman–Crippen MR) is 110 cm³/mol. The molecule has 2 N–H and O–H groups in total. The number of likely N-dealkylation sites (tertiary alicyclic amines) is 1. The molecule has 0 unspecified atom stereocenters. The number of halogens is 2. The molecular formula is C22H27ClFN3. The Morgan fingerprint density at radius 1 is 1.19 bits per heavy atom. The van der Waals surface area contributed by atoms with Crippen molar-refractivity contribution in [2.75, 3.05) is 38.1 Å². The molecule has 0 aromatic heterocycles. The molecule has 144 valence electrons. The fraction of sp³-hybridized carbons (Fsp3) is 0.455. The van der Waals surface area contributed by atoms with Crippen molar-refractivity contribution >= 4 is 17.3 Å². The van der Waals surface area contributed by atoms with E-state index in [1.165, 1.54) is 11.3 Å². The summed E-state index contributed by atoms with van der Waals surface area (Å²) in [5.41, 5.74) is 9.53. The lowest BCUT2D eigenvalue weighted by Gasteiger charge is -2.44. The molecule has 0 aliphatic carbocycles. The van der Waals surface area contributed by atoms with Crippen molar-refractivity contribution in [3.63, 3.8) is 0 Å². The first-order valence-corrected chi connectivity index (χ1v) is 10.1. The van der Waals surface area contributed by atoms with Crippen LogP contribution in [0.25, 0.3) is 0 Å². The summed E-state index contributed by atoms with van der Waals surface area (Å²) in [6.45, 7) is 3.56. The number of anilines is 1. The Labute approximate surface area is 165 Å². The van der Waals surface area contributed by atoms with Gasteiger partial charge in [-0.3, -0.25) is 4.90 Å². The summed E-state index contributed by atoms with van der Waals surface area (Å²) in [5, 5.41) is 0.752. The van der Waals surface area contributed by atoms with Crippen LogP contribution >= 0.6 is 11.6 Å². The van der Waals surface area contributed by atoms with Gasteiger partial charge in [-0.05, 0) is 73.8 Å². The average Bonchev–Trinajstić information content (AvgIpc) is 2.91. The number of nitrogens with zero attached hydrogens (tertiary/aromatic N) is 2. The standard InChI is InChI=1S/C22H27ClFN3/c1-26-14-22(19-13-18(24)7-8-21(19)26)10-2-12-27(15-22)20(9-11-25)16-3-5-17(23)6-4-16/h3-8,13,20H,2,9-12,14-15,25H2,1H3/t20-,22+/m1/s1. The normalized spacial score (nSPS) is 23.6. The van der Waals surface area contributed by atoms with Crippen LogP contribution in [0.4, 0.5) is 10.1 Å². The predicted octanol–water partition coefficient (Wildman–Crippen LogP) is 4.35. The van der Waals surface area contributed by atoms with Gasteiger partial charge in [-0.1, -0.05) is 23.7 Å². The van der Waals surface area contributed by atoms with E-state index in [-0.39, 0.29) is 17.3 Å². The van der Waals surface area contributed by atoms with Crippen molar-refractivity contribution in [2.24, 2.45) is 5.73 Å². The van der Waals surface area contributed by atoms with Crippen LogP contribution in [-0.2, 0) is 5.41 Å². The van der Waals surface area contributed by atoms with E-state index < -0.39 is 0 Å². The van der Waals surface area contributed by atoms with Gasteiger partial charge >= 0.3 is 0 Å². The topological polar surface area (TPSA) is 32.5 Å². The highest BCUT2D eigenvalue weighted by Crippen LogP contribution is 2.47. The molecule has 2 atom stereocenters. The van der Waals surface area contributed by atoms with E-state index >= 15 is 0 Å². The smallest absolute Gasteiger partial charge is 0.123 e. The average molecular weight is 388 g/mol. The highest BCUT2D eigenvalue weighted by molar-refractivity contribution is 6.30. The molecule has 2 aromatic rings. The SMILES string of the molecule is CN1C[C@]2(CCCN([C@H](CCN)c3ccc(Cl)cc3)C2)c2cc(F)ccc21. The van der Waals surface area contributed by atoms with Crippen molar-refractivity contribution in [2.45, 2.75) is 30.7 Å². The van der Waals surface area contributed by atoms with E-state index in [2.05, 4.69) is 29.0 Å². The van der Waals surface area contributed by atoms with Crippen molar-refractivity contribution in [1.29, 1.82) is 0 Å². The van der Waals surface area contributed by atoms with Gasteiger partial charge in [0.05, 0.1) is 0 Å².